The van der Waals surface area contributed by atoms with Gasteiger partial charge in [0, 0.05) is 24.2 Å². The number of halogens is 1. The Bertz CT molecular complexity index is 417. The largest absolute Gasteiger partial charge is 0.491 e. The van der Waals surface area contributed by atoms with E-state index in [2.05, 4.69) is 17.3 Å². The Morgan fingerprint density at radius 1 is 1.55 bits per heavy atom. The molecule has 0 spiro atoms. The maximum absolute atomic E-state index is 9.89. The van der Waals surface area contributed by atoms with E-state index in [1.54, 1.807) is 12.1 Å². The van der Waals surface area contributed by atoms with Gasteiger partial charge in [0.1, 0.15) is 18.5 Å². The monoisotopic (exact) mass is 298 g/mol. The second kappa shape index (κ2) is 7.84. The third-order valence-electron chi connectivity index (χ3n) is 3.67. The number of ether oxygens (including phenoxy) is 1. The lowest BCUT2D eigenvalue weighted by Gasteiger charge is -2.21. The topological polar surface area (TPSA) is 44.7 Å². The zero-order valence-corrected chi connectivity index (χ0v) is 12.6. The average molecular weight is 299 g/mol. The molecule has 2 unspecified atom stereocenters. The van der Waals surface area contributed by atoms with Crippen LogP contribution < -0.4 is 10.1 Å². The molecule has 2 rings (SSSR count). The Hall–Kier alpha value is -0.810. The van der Waals surface area contributed by atoms with E-state index in [1.807, 2.05) is 12.1 Å². The highest BCUT2D eigenvalue weighted by Crippen LogP contribution is 2.17. The van der Waals surface area contributed by atoms with Crippen LogP contribution in [0.15, 0.2) is 24.3 Å². The predicted molar refractivity (Wildman–Crippen MR) is 81.5 cm³/mol. The highest BCUT2D eigenvalue weighted by Gasteiger charge is 2.20. The van der Waals surface area contributed by atoms with Gasteiger partial charge in [0.25, 0.3) is 0 Å². The fourth-order valence-electron chi connectivity index (χ4n) is 2.46. The molecule has 4 nitrogen and oxygen atoms in total. The number of aliphatic hydroxyl groups is 1. The van der Waals surface area contributed by atoms with Gasteiger partial charge >= 0.3 is 0 Å². The Balaban J connectivity index is 1.61. The third-order valence-corrected chi connectivity index (χ3v) is 3.91. The molecule has 0 aromatic heterocycles. The molecule has 1 aromatic carbocycles. The van der Waals surface area contributed by atoms with E-state index in [1.165, 1.54) is 19.4 Å². The molecular formula is C15H23ClN2O2. The maximum atomic E-state index is 9.89. The number of benzene rings is 1. The molecule has 0 saturated carbocycles. The fourth-order valence-corrected chi connectivity index (χ4v) is 2.64. The van der Waals surface area contributed by atoms with Crippen molar-refractivity contribution in [1.82, 2.24) is 10.2 Å². The van der Waals surface area contributed by atoms with E-state index < -0.39 is 6.10 Å². The minimum absolute atomic E-state index is 0.272. The van der Waals surface area contributed by atoms with Crippen molar-refractivity contribution in [1.29, 1.82) is 0 Å². The van der Waals surface area contributed by atoms with Gasteiger partial charge in [-0.2, -0.15) is 0 Å². The first kappa shape index (κ1) is 15.6. The van der Waals surface area contributed by atoms with Crippen LogP contribution in [0.5, 0.6) is 5.75 Å². The summed E-state index contributed by atoms with van der Waals surface area (Å²) >= 11 is 5.87. The zero-order chi connectivity index (χ0) is 14.4. The van der Waals surface area contributed by atoms with Crippen molar-refractivity contribution in [2.24, 2.45) is 0 Å². The van der Waals surface area contributed by atoms with Gasteiger partial charge in [0.2, 0.25) is 0 Å². The van der Waals surface area contributed by atoms with E-state index in [9.17, 15) is 5.11 Å². The second-order valence-corrected chi connectivity index (χ2v) is 5.79. The van der Waals surface area contributed by atoms with Crippen LogP contribution in [-0.2, 0) is 0 Å². The van der Waals surface area contributed by atoms with Crippen LogP contribution in [-0.4, -0.2) is 55.4 Å². The Morgan fingerprint density at radius 3 is 3.10 bits per heavy atom. The summed E-state index contributed by atoms with van der Waals surface area (Å²) < 4.78 is 5.51. The first-order valence-corrected chi connectivity index (χ1v) is 7.50. The van der Waals surface area contributed by atoms with Crippen molar-refractivity contribution in [2.45, 2.75) is 25.0 Å². The van der Waals surface area contributed by atoms with Crippen LogP contribution in [0.25, 0.3) is 0 Å². The van der Waals surface area contributed by atoms with Crippen LogP contribution in [0, 0.1) is 0 Å². The lowest BCUT2D eigenvalue weighted by molar-refractivity contribution is 0.105. The number of likely N-dealkylation sites (tertiary alicyclic amines) is 1. The highest BCUT2D eigenvalue weighted by atomic mass is 35.5. The normalized spacial score (nSPS) is 21.1. The summed E-state index contributed by atoms with van der Waals surface area (Å²) in [5.41, 5.74) is 0. The number of rotatable bonds is 7. The molecule has 0 radical (unpaired) electrons. The Morgan fingerprint density at radius 2 is 2.40 bits per heavy atom. The molecule has 1 aliphatic heterocycles. The van der Waals surface area contributed by atoms with Gasteiger partial charge in [0.15, 0.2) is 0 Å². The molecule has 0 bridgehead atoms. The van der Waals surface area contributed by atoms with Gasteiger partial charge in [-0.3, -0.25) is 0 Å². The van der Waals surface area contributed by atoms with Crippen LogP contribution in [0.4, 0.5) is 0 Å². The number of nitrogens with one attached hydrogen (secondary N) is 1. The summed E-state index contributed by atoms with van der Waals surface area (Å²) in [4.78, 5) is 2.36. The molecule has 0 amide bonds. The second-order valence-electron chi connectivity index (χ2n) is 5.36. The van der Waals surface area contributed by atoms with E-state index in [-0.39, 0.29) is 6.61 Å². The first-order chi connectivity index (χ1) is 9.65. The van der Waals surface area contributed by atoms with Crippen molar-refractivity contribution in [3.63, 3.8) is 0 Å². The molecule has 5 heteroatoms. The Labute approximate surface area is 125 Å². The van der Waals surface area contributed by atoms with Gasteiger partial charge in [0.05, 0.1) is 0 Å². The van der Waals surface area contributed by atoms with Crippen molar-refractivity contribution >= 4 is 11.6 Å². The zero-order valence-electron chi connectivity index (χ0n) is 11.9. The number of aliphatic hydroxyl groups excluding tert-OH is 1. The number of hydrogen-bond donors (Lipinski definition) is 2. The molecule has 112 valence electrons. The van der Waals surface area contributed by atoms with Gasteiger partial charge in [-0.25, -0.2) is 0 Å². The molecule has 2 atom stereocenters. The summed E-state index contributed by atoms with van der Waals surface area (Å²) in [5.74, 6) is 0.687. The SMILES string of the molecule is CN1CCCC1CNCC(O)COc1cccc(Cl)c1. The molecular weight excluding hydrogens is 276 g/mol. The summed E-state index contributed by atoms with van der Waals surface area (Å²) in [6.07, 6.45) is 1.99. The van der Waals surface area contributed by atoms with Gasteiger partial charge in [-0.15, -0.1) is 0 Å². The van der Waals surface area contributed by atoms with Crippen molar-refractivity contribution in [3.8, 4) is 5.75 Å². The molecule has 2 N–H and O–H groups in total. The molecule has 1 aromatic rings. The van der Waals surface area contributed by atoms with Crippen molar-refractivity contribution < 1.29 is 9.84 Å². The minimum atomic E-state index is -0.513. The number of nitrogens with zero attached hydrogens (tertiary/aromatic N) is 1. The number of hydrogen-bond acceptors (Lipinski definition) is 4. The molecule has 0 aliphatic carbocycles. The first-order valence-electron chi connectivity index (χ1n) is 7.12. The molecule has 20 heavy (non-hydrogen) atoms. The van der Waals surface area contributed by atoms with Crippen molar-refractivity contribution in [2.75, 3.05) is 33.3 Å². The quantitative estimate of drug-likeness (QED) is 0.805. The lowest BCUT2D eigenvalue weighted by Crippen LogP contribution is -2.39. The van der Waals surface area contributed by atoms with E-state index in [0.29, 0.717) is 23.4 Å². The van der Waals surface area contributed by atoms with E-state index >= 15 is 0 Å². The standard InChI is InChI=1S/C15H23ClN2O2/c1-18-7-3-5-13(18)9-17-10-14(19)11-20-15-6-2-4-12(16)8-15/h2,4,6,8,13-14,17,19H,3,5,7,9-11H2,1H3. The lowest BCUT2D eigenvalue weighted by atomic mass is 10.2. The van der Waals surface area contributed by atoms with Gasteiger partial charge < -0.3 is 20.1 Å². The molecule has 1 aliphatic rings. The predicted octanol–water partition coefficient (Wildman–Crippen LogP) is 1.76. The average Bonchev–Trinajstić information content (AvgIpc) is 2.82. The number of likely N-dealkylation sites (N-methyl/N-ethyl adjacent to an activating group) is 1. The summed E-state index contributed by atoms with van der Waals surface area (Å²) in [7, 11) is 2.15. The highest BCUT2D eigenvalue weighted by molar-refractivity contribution is 6.30. The van der Waals surface area contributed by atoms with Crippen molar-refractivity contribution in [3.05, 3.63) is 29.3 Å². The molecule has 1 saturated heterocycles. The summed E-state index contributed by atoms with van der Waals surface area (Å²) in [6, 6.07) is 7.80. The smallest absolute Gasteiger partial charge is 0.120 e. The third kappa shape index (κ3) is 4.94. The van der Waals surface area contributed by atoms with Crippen LogP contribution in [0.1, 0.15) is 12.8 Å². The summed E-state index contributed by atoms with van der Waals surface area (Å²) in [5, 5.41) is 13.8. The molecule has 1 heterocycles. The maximum Gasteiger partial charge on any atom is 0.120 e. The minimum Gasteiger partial charge on any atom is -0.491 e. The van der Waals surface area contributed by atoms with Crippen LogP contribution >= 0.6 is 11.6 Å². The summed E-state index contributed by atoms with van der Waals surface area (Å²) in [6.45, 7) is 2.91. The van der Waals surface area contributed by atoms with Crippen LogP contribution in [0.2, 0.25) is 5.02 Å². The molecule has 1 fully saturated rings. The Kier molecular flexibility index (Phi) is 6.10. The van der Waals surface area contributed by atoms with Gasteiger partial charge in [-0.1, -0.05) is 17.7 Å². The van der Waals surface area contributed by atoms with Gasteiger partial charge in [-0.05, 0) is 44.6 Å². The van der Waals surface area contributed by atoms with E-state index in [0.717, 1.165) is 6.54 Å². The van der Waals surface area contributed by atoms with Crippen LogP contribution in [0.3, 0.4) is 0 Å². The fraction of sp³-hybridized carbons (Fsp3) is 0.600. The van der Waals surface area contributed by atoms with E-state index in [4.69, 9.17) is 16.3 Å².